The second-order valence-corrected chi connectivity index (χ2v) is 4.98. The second-order valence-electron chi connectivity index (χ2n) is 3.28. The molecule has 2 rings (SSSR count). The van der Waals surface area contributed by atoms with Crippen LogP contribution in [0.2, 0.25) is 10.0 Å². The van der Waals surface area contributed by atoms with Gasteiger partial charge in [0.15, 0.2) is 10.8 Å². The molecular formula is C11H8Cl2N2O2S. The van der Waals surface area contributed by atoms with Crippen LogP contribution in [0.1, 0.15) is 10.5 Å². The van der Waals surface area contributed by atoms with Gasteiger partial charge in [-0.2, -0.15) is 0 Å². The molecule has 0 aliphatic rings. The molecule has 1 aromatic carbocycles. The first-order valence-corrected chi connectivity index (χ1v) is 6.49. The number of anilines is 2. The zero-order chi connectivity index (χ0) is 13.1. The van der Waals surface area contributed by atoms with E-state index in [2.05, 4.69) is 15.0 Å². The molecule has 7 heteroatoms. The summed E-state index contributed by atoms with van der Waals surface area (Å²) < 4.78 is 4.57. The summed E-state index contributed by atoms with van der Waals surface area (Å²) in [6.07, 6.45) is 0. The molecule has 18 heavy (non-hydrogen) atoms. The van der Waals surface area contributed by atoms with E-state index < -0.39 is 5.97 Å². The number of methoxy groups -OCH3 is 1. The third-order valence-corrected chi connectivity index (χ3v) is 3.39. The zero-order valence-corrected chi connectivity index (χ0v) is 11.6. The highest BCUT2D eigenvalue weighted by atomic mass is 35.5. The fraction of sp³-hybridized carbons (Fsp3) is 0.0909. The van der Waals surface area contributed by atoms with E-state index >= 15 is 0 Å². The SMILES string of the molecule is COC(=O)c1csc(Nc2cc(Cl)ccc2Cl)n1. The molecule has 1 aromatic heterocycles. The molecule has 0 atom stereocenters. The number of thiazole rings is 1. The van der Waals surface area contributed by atoms with E-state index in [1.54, 1.807) is 23.6 Å². The maximum atomic E-state index is 11.2. The number of halogens is 2. The van der Waals surface area contributed by atoms with Crippen LogP contribution in [-0.2, 0) is 4.74 Å². The number of carbonyl (C=O) groups excluding carboxylic acids is 1. The van der Waals surface area contributed by atoms with Crippen LogP contribution in [0.3, 0.4) is 0 Å². The number of carbonyl (C=O) groups is 1. The van der Waals surface area contributed by atoms with Crippen LogP contribution in [-0.4, -0.2) is 18.1 Å². The molecule has 0 saturated heterocycles. The van der Waals surface area contributed by atoms with Crippen LogP contribution in [0.25, 0.3) is 0 Å². The number of hydrogen-bond acceptors (Lipinski definition) is 5. The Hall–Kier alpha value is -1.30. The highest BCUT2D eigenvalue weighted by Crippen LogP contribution is 2.29. The van der Waals surface area contributed by atoms with Crippen molar-refractivity contribution < 1.29 is 9.53 Å². The lowest BCUT2D eigenvalue weighted by molar-refractivity contribution is 0.0595. The number of esters is 1. The lowest BCUT2D eigenvalue weighted by Crippen LogP contribution is -2.01. The first-order valence-electron chi connectivity index (χ1n) is 4.86. The van der Waals surface area contributed by atoms with Crippen LogP contribution in [0.5, 0.6) is 0 Å². The van der Waals surface area contributed by atoms with Gasteiger partial charge in [-0.15, -0.1) is 11.3 Å². The summed E-state index contributed by atoms with van der Waals surface area (Å²) in [5.41, 5.74) is 0.887. The molecule has 0 aliphatic heterocycles. The minimum Gasteiger partial charge on any atom is -0.464 e. The van der Waals surface area contributed by atoms with E-state index in [-0.39, 0.29) is 5.69 Å². The minimum absolute atomic E-state index is 0.253. The molecule has 1 N–H and O–H groups in total. The predicted molar refractivity (Wildman–Crippen MR) is 73.2 cm³/mol. The number of hydrogen-bond donors (Lipinski definition) is 1. The van der Waals surface area contributed by atoms with Crippen LogP contribution in [0, 0.1) is 0 Å². The van der Waals surface area contributed by atoms with Crippen molar-refractivity contribution >= 4 is 51.3 Å². The molecule has 4 nitrogen and oxygen atoms in total. The van der Waals surface area contributed by atoms with Gasteiger partial charge in [-0.25, -0.2) is 9.78 Å². The van der Waals surface area contributed by atoms with Crippen molar-refractivity contribution in [1.82, 2.24) is 4.98 Å². The molecule has 0 amide bonds. The second kappa shape index (κ2) is 5.56. The van der Waals surface area contributed by atoms with Gasteiger partial charge in [-0.1, -0.05) is 23.2 Å². The molecule has 0 unspecified atom stereocenters. The summed E-state index contributed by atoms with van der Waals surface area (Å²) in [5.74, 6) is -0.475. The average molecular weight is 303 g/mol. The van der Waals surface area contributed by atoms with Gasteiger partial charge in [0.2, 0.25) is 0 Å². The Morgan fingerprint density at radius 3 is 2.94 bits per heavy atom. The van der Waals surface area contributed by atoms with Crippen LogP contribution < -0.4 is 5.32 Å². The predicted octanol–water partition coefficient (Wildman–Crippen LogP) is 3.98. The van der Waals surface area contributed by atoms with Gasteiger partial charge >= 0.3 is 5.97 Å². The summed E-state index contributed by atoms with van der Waals surface area (Å²) >= 11 is 13.2. The Bertz CT molecular complexity index is 586. The van der Waals surface area contributed by atoms with E-state index in [1.807, 2.05) is 0 Å². The van der Waals surface area contributed by atoms with Crippen molar-refractivity contribution in [3.63, 3.8) is 0 Å². The van der Waals surface area contributed by atoms with Gasteiger partial charge in [0, 0.05) is 10.4 Å². The summed E-state index contributed by atoms with van der Waals surface area (Å²) in [6, 6.07) is 5.06. The van der Waals surface area contributed by atoms with E-state index in [0.29, 0.717) is 20.9 Å². The number of rotatable bonds is 3. The van der Waals surface area contributed by atoms with E-state index in [0.717, 1.165) is 0 Å². The Morgan fingerprint density at radius 1 is 1.44 bits per heavy atom. The van der Waals surface area contributed by atoms with E-state index in [9.17, 15) is 4.79 Å². The van der Waals surface area contributed by atoms with Crippen molar-refractivity contribution in [3.8, 4) is 0 Å². The first-order chi connectivity index (χ1) is 8.60. The Labute approximate surface area is 118 Å². The number of benzene rings is 1. The van der Waals surface area contributed by atoms with E-state index in [1.165, 1.54) is 18.4 Å². The van der Waals surface area contributed by atoms with Crippen LogP contribution in [0.4, 0.5) is 10.8 Å². The third-order valence-electron chi connectivity index (χ3n) is 2.07. The third kappa shape index (κ3) is 2.93. The summed E-state index contributed by atoms with van der Waals surface area (Å²) in [4.78, 5) is 15.3. The lowest BCUT2D eigenvalue weighted by Gasteiger charge is -2.05. The minimum atomic E-state index is -0.475. The molecule has 0 aliphatic carbocycles. The first kappa shape index (κ1) is 13.1. The number of ether oxygens (including phenoxy) is 1. The average Bonchev–Trinajstić information content (AvgIpc) is 2.81. The summed E-state index contributed by atoms with van der Waals surface area (Å²) in [6.45, 7) is 0. The number of nitrogens with one attached hydrogen (secondary N) is 1. The molecule has 0 radical (unpaired) electrons. The molecule has 94 valence electrons. The largest absolute Gasteiger partial charge is 0.464 e. The molecule has 0 saturated carbocycles. The lowest BCUT2D eigenvalue weighted by atomic mass is 10.3. The van der Waals surface area contributed by atoms with Gasteiger partial charge in [0.25, 0.3) is 0 Å². The maximum absolute atomic E-state index is 11.2. The topological polar surface area (TPSA) is 51.2 Å². The van der Waals surface area contributed by atoms with Gasteiger partial charge in [0.05, 0.1) is 17.8 Å². The molecule has 0 bridgehead atoms. The number of aromatic nitrogens is 1. The quantitative estimate of drug-likeness (QED) is 0.871. The molecule has 0 spiro atoms. The zero-order valence-electron chi connectivity index (χ0n) is 9.24. The van der Waals surface area contributed by atoms with Crippen molar-refractivity contribution in [2.75, 3.05) is 12.4 Å². The van der Waals surface area contributed by atoms with Crippen molar-refractivity contribution in [2.45, 2.75) is 0 Å². The highest BCUT2D eigenvalue weighted by molar-refractivity contribution is 7.14. The fourth-order valence-electron chi connectivity index (χ4n) is 1.24. The fourth-order valence-corrected chi connectivity index (χ4v) is 2.27. The van der Waals surface area contributed by atoms with Crippen molar-refractivity contribution in [1.29, 1.82) is 0 Å². The van der Waals surface area contributed by atoms with Gasteiger partial charge in [0.1, 0.15) is 0 Å². The summed E-state index contributed by atoms with van der Waals surface area (Å²) in [5, 5.41) is 6.22. The molecule has 2 aromatic rings. The number of nitrogens with zero attached hydrogens (tertiary/aromatic N) is 1. The molecule has 0 fully saturated rings. The van der Waals surface area contributed by atoms with Gasteiger partial charge in [-0.05, 0) is 18.2 Å². The van der Waals surface area contributed by atoms with Crippen LogP contribution in [0.15, 0.2) is 23.6 Å². The molecular weight excluding hydrogens is 295 g/mol. The Morgan fingerprint density at radius 2 is 2.22 bits per heavy atom. The Kier molecular flexibility index (Phi) is 4.06. The Balaban J connectivity index is 2.21. The molecule has 1 heterocycles. The maximum Gasteiger partial charge on any atom is 0.357 e. The van der Waals surface area contributed by atoms with E-state index in [4.69, 9.17) is 23.2 Å². The standard InChI is InChI=1S/C11H8Cl2N2O2S/c1-17-10(16)9-5-18-11(15-9)14-8-4-6(12)2-3-7(8)13/h2-5H,1H3,(H,14,15). The smallest absolute Gasteiger partial charge is 0.357 e. The van der Waals surface area contributed by atoms with Crippen molar-refractivity contribution in [3.05, 3.63) is 39.3 Å². The summed E-state index contributed by atoms with van der Waals surface area (Å²) in [7, 11) is 1.31. The van der Waals surface area contributed by atoms with Gasteiger partial charge in [-0.3, -0.25) is 0 Å². The highest BCUT2D eigenvalue weighted by Gasteiger charge is 2.11. The van der Waals surface area contributed by atoms with Crippen LogP contribution >= 0.6 is 34.5 Å². The van der Waals surface area contributed by atoms with Crippen molar-refractivity contribution in [2.24, 2.45) is 0 Å². The normalized spacial score (nSPS) is 10.2. The monoisotopic (exact) mass is 302 g/mol. The van der Waals surface area contributed by atoms with Gasteiger partial charge < -0.3 is 10.1 Å².